The first kappa shape index (κ1) is 18.5. The molecule has 0 saturated carbocycles. The van der Waals surface area contributed by atoms with Crippen molar-refractivity contribution in [1.82, 2.24) is 0 Å². The molecule has 2 aromatic rings. The largest absolute Gasteiger partial charge is 0.465 e. The molecule has 1 aliphatic heterocycles. The molecule has 1 unspecified atom stereocenters. The van der Waals surface area contributed by atoms with Gasteiger partial charge < -0.3 is 15.0 Å². The molecule has 8 heteroatoms. The zero-order valence-corrected chi connectivity index (χ0v) is 14.4. The Morgan fingerprint density at radius 1 is 1.15 bits per heavy atom. The first-order valence-electron chi connectivity index (χ1n) is 8.13. The van der Waals surface area contributed by atoms with Gasteiger partial charge >= 0.3 is 5.97 Å². The van der Waals surface area contributed by atoms with Crippen molar-refractivity contribution in [3.63, 3.8) is 0 Å². The van der Waals surface area contributed by atoms with Crippen LogP contribution in [0.2, 0.25) is 0 Å². The first-order valence-corrected chi connectivity index (χ1v) is 8.13. The Morgan fingerprint density at radius 3 is 2.63 bits per heavy atom. The van der Waals surface area contributed by atoms with Crippen molar-refractivity contribution in [3.05, 3.63) is 59.7 Å². The smallest absolute Gasteiger partial charge is 0.337 e. The highest BCUT2D eigenvalue weighted by Gasteiger charge is 2.35. The molecule has 0 aromatic heterocycles. The van der Waals surface area contributed by atoms with Crippen LogP contribution in [-0.2, 0) is 14.3 Å². The monoisotopic (exact) mass is 374 g/mol. The molecule has 140 valence electrons. The van der Waals surface area contributed by atoms with E-state index in [-0.39, 0.29) is 30.1 Å². The predicted molar refractivity (Wildman–Crippen MR) is 93.2 cm³/mol. The second-order valence-electron chi connectivity index (χ2n) is 6.07. The van der Waals surface area contributed by atoms with Gasteiger partial charge in [-0.05, 0) is 30.3 Å². The molecule has 1 saturated heterocycles. The third kappa shape index (κ3) is 3.94. The van der Waals surface area contributed by atoms with Gasteiger partial charge in [0.25, 0.3) is 0 Å². The number of benzene rings is 2. The number of amides is 2. The SMILES string of the molecule is COC(=O)c1cccc(N2CC(C(=O)Nc3ccc(F)c(F)c3)CC2=O)c1. The highest BCUT2D eigenvalue weighted by atomic mass is 19.2. The van der Waals surface area contributed by atoms with E-state index in [1.54, 1.807) is 18.2 Å². The molecule has 1 aliphatic rings. The summed E-state index contributed by atoms with van der Waals surface area (Å²) < 4.78 is 30.9. The lowest BCUT2D eigenvalue weighted by atomic mass is 10.1. The van der Waals surface area contributed by atoms with E-state index in [0.29, 0.717) is 5.69 Å². The molecule has 0 radical (unpaired) electrons. The third-order valence-electron chi connectivity index (χ3n) is 4.26. The third-order valence-corrected chi connectivity index (χ3v) is 4.26. The zero-order valence-electron chi connectivity index (χ0n) is 14.4. The normalized spacial score (nSPS) is 16.3. The minimum Gasteiger partial charge on any atom is -0.465 e. The van der Waals surface area contributed by atoms with Crippen LogP contribution < -0.4 is 10.2 Å². The number of hydrogen-bond acceptors (Lipinski definition) is 4. The molecule has 0 bridgehead atoms. The average Bonchev–Trinajstić information content (AvgIpc) is 3.06. The molecule has 1 heterocycles. The van der Waals surface area contributed by atoms with Crippen LogP contribution >= 0.6 is 0 Å². The van der Waals surface area contributed by atoms with Crippen LogP contribution in [-0.4, -0.2) is 31.4 Å². The van der Waals surface area contributed by atoms with E-state index in [9.17, 15) is 23.2 Å². The van der Waals surface area contributed by atoms with Crippen molar-refractivity contribution in [2.75, 3.05) is 23.9 Å². The number of carbonyl (C=O) groups excluding carboxylic acids is 3. The van der Waals surface area contributed by atoms with Crippen molar-refractivity contribution < 1.29 is 27.9 Å². The highest BCUT2D eigenvalue weighted by Crippen LogP contribution is 2.27. The fraction of sp³-hybridized carbons (Fsp3) is 0.211. The second-order valence-corrected chi connectivity index (χ2v) is 6.07. The van der Waals surface area contributed by atoms with Crippen molar-refractivity contribution in [3.8, 4) is 0 Å². The molecule has 0 spiro atoms. The Labute approximate surface area is 153 Å². The maximum Gasteiger partial charge on any atom is 0.337 e. The Hall–Kier alpha value is -3.29. The van der Waals surface area contributed by atoms with Crippen LogP contribution in [0, 0.1) is 17.6 Å². The van der Waals surface area contributed by atoms with Crippen LogP contribution in [0.15, 0.2) is 42.5 Å². The standard InChI is InChI=1S/C19H16F2N2O4/c1-27-19(26)11-3-2-4-14(7-11)23-10-12(8-17(23)24)18(25)22-13-5-6-15(20)16(21)9-13/h2-7,9,12H,8,10H2,1H3,(H,22,25). The van der Waals surface area contributed by atoms with E-state index in [2.05, 4.69) is 10.1 Å². The minimum absolute atomic E-state index is 0.0298. The molecule has 6 nitrogen and oxygen atoms in total. The van der Waals surface area contributed by atoms with Gasteiger partial charge in [-0.2, -0.15) is 0 Å². The van der Waals surface area contributed by atoms with Gasteiger partial charge in [-0.15, -0.1) is 0 Å². The van der Waals surface area contributed by atoms with Gasteiger partial charge in [-0.3, -0.25) is 9.59 Å². The number of anilines is 2. The number of esters is 1. The summed E-state index contributed by atoms with van der Waals surface area (Å²) in [5.41, 5.74) is 0.876. The summed E-state index contributed by atoms with van der Waals surface area (Å²) >= 11 is 0. The summed E-state index contributed by atoms with van der Waals surface area (Å²) in [4.78, 5) is 37.7. The molecule has 3 rings (SSSR count). The first-order chi connectivity index (χ1) is 12.9. The van der Waals surface area contributed by atoms with E-state index in [4.69, 9.17) is 0 Å². The summed E-state index contributed by atoms with van der Waals surface area (Å²) in [6.07, 6.45) is -0.0298. The van der Waals surface area contributed by atoms with Gasteiger partial charge in [-0.1, -0.05) is 6.07 Å². The molecule has 1 atom stereocenters. The van der Waals surface area contributed by atoms with Crippen molar-refractivity contribution >= 4 is 29.2 Å². The van der Waals surface area contributed by atoms with Crippen molar-refractivity contribution in [2.45, 2.75) is 6.42 Å². The Bertz CT molecular complexity index is 916. The molecule has 0 aliphatic carbocycles. The molecule has 2 aromatic carbocycles. The molecule has 27 heavy (non-hydrogen) atoms. The number of hydrogen-bond donors (Lipinski definition) is 1. The van der Waals surface area contributed by atoms with E-state index in [1.165, 1.54) is 24.1 Å². The summed E-state index contributed by atoms with van der Waals surface area (Å²) in [7, 11) is 1.26. The second kappa shape index (κ2) is 7.53. The van der Waals surface area contributed by atoms with Gasteiger partial charge in [0, 0.05) is 30.4 Å². The fourth-order valence-electron chi connectivity index (χ4n) is 2.87. The molecular formula is C19H16F2N2O4. The van der Waals surface area contributed by atoms with E-state index in [1.807, 2.05) is 0 Å². The van der Waals surface area contributed by atoms with Gasteiger partial charge in [0.05, 0.1) is 18.6 Å². The number of nitrogens with one attached hydrogen (secondary N) is 1. The van der Waals surface area contributed by atoms with Crippen LogP contribution in [0.5, 0.6) is 0 Å². The zero-order chi connectivity index (χ0) is 19.6. The van der Waals surface area contributed by atoms with E-state index in [0.717, 1.165) is 12.1 Å². The highest BCUT2D eigenvalue weighted by molar-refractivity contribution is 6.04. The van der Waals surface area contributed by atoms with Gasteiger partial charge in [0.15, 0.2) is 11.6 Å². The summed E-state index contributed by atoms with van der Waals surface area (Å²) in [6, 6.07) is 9.37. The number of rotatable bonds is 4. The van der Waals surface area contributed by atoms with Crippen LogP contribution in [0.25, 0.3) is 0 Å². The number of halogens is 2. The fourth-order valence-corrected chi connectivity index (χ4v) is 2.87. The van der Waals surface area contributed by atoms with Crippen LogP contribution in [0.4, 0.5) is 20.2 Å². The quantitative estimate of drug-likeness (QED) is 0.835. The van der Waals surface area contributed by atoms with Crippen molar-refractivity contribution in [1.29, 1.82) is 0 Å². The maximum atomic E-state index is 13.3. The Kier molecular flexibility index (Phi) is 5.16. The molecule has 2 amide bonds. The lowest BCUT2D eigenvalue weighted by molar-refractivity contribution is -0.122. The van der Waals surface area contributed by atoms with Gasteiger partial charge in [0.2, 0.25) is 11.8 Å². The van der Waals surface area contributed by atoms with Gasteiger partial charge in [0.1, 0.15) is 0 Å². The minimum atomic E-state index is -1.07. The molecule has 1 fully saturated rings. The lowest BCUT2D eigenvalue weighted by Gasteiger charge is -2.17. The topological polar surface area (TPSA) is 75.7 Å². The summed E-state index contributed by atoms with van der Waals surface area (Å²) in [5.74, 6) is -4.02. The summed E-state index contributed by atoms with van der Waals surface area (Å²) in [6.45, 7) is 0.110. The number of nitrogens with zero attached hydrogens (tertiary/aromatic N) is 1. The van der Waals surface area contributed by atoms with Gasteiger partial charge in [-0.25, -0.2) is 13.6 Å². The Morgan fingerprint density at radius 2 is 1.93 bits per heavy atom. The van der Waals surface area contributed by atoms with E-state index < -0.39 is 29.4 Å². The molecular weight excluding hydrogens is 358 g/mol. The maximum absolute atomic E-state index is 13.3. The molecule has 1 N–H and O–H groups in total. The van der Waals surface area contributed by atoms with Crippen LogP contribution in [0.3, 0.4) is 0 Å². The van der Waals surface area contributed by atoms with Crippen molar-refractivity contribution in [2.24, 2.45) is 5.92 Å². The predicted octanol–water partition coefficient (Wildman–Crippen LogP) is 2.74. The lowest BCUT2D eigenvalue weighted by Crippen LogP contribution is -2.28. The number of carbonyl (C=O) groups is 3. The van der Waals surface area contributed by atoms with E-state index >= 15 is 0 Å². The Balaban J connectivity index is 1.72. The summed E-state index contributed by atoms with van der Waals surface area (Å²) in [5, 5.41) is 2.48. The average molecular weight is 374 g/mol. The van der Waals surface area contributed by atoms with Crippen LogP contribution in [0.1, 0.15) is 16.8 Å². The number of ether oxygens (including phenoxy) is 1. The number of methoxy groups -OCH3 is 1.